The molecule has 3 aromatic rings. The summed E-state index contributed by atoms with van der Waals surface area (Å²) >= 11 is 3.22. The Kier molecular flexibility index (Phi) is 6.18. The number of hydrogen-bond donors (Lipinski definition) is 0. The summed E-state index contributed by atoms with van der Waals surface area (Å²) in [5.74, 6) is 0.618. The fourth-order valence-corrected chi connectivity index (χ4v) is 5.80. The highest BCUT2D eigenvalue weighted by atomic mass is 32.2. The number of fused-ring (bicyclic) bond motifs is 1. The number of piperazine rings is 1. The first kappa shape index (κ1) is 20.3. The summed E-state index contributed by atoms with van der Waals surface area (Å²) in [4.78, 5) is 28.3. The molecule has 1 atom stereocenters. The molecular weight excluding hydrogens is 400 g/mol. The summed E-state index contributed by atoms with van der Waals surface area (Å²) in [5.41, 5.74) is 2.56. The second-order valence-electron chi connectivity index (χ2n) is 7.43. The maximum atomic E-state index is 12.8. The lowest BCUT2D eigenvalue weighted by Gasteiger charge is -2.38. The van der Waals surface area contributed by atoms with Crippen LogP contribution in [0.15, 0.2) is 41.7 Å². The van der Waals surface area contributed by atoms with E-state index in [9.17, 15) is 4.79 Å². The second-order valence-corrected chi connectivity index (χ2v) is 9.60. The normalized spacial score (nSPS) is 16.3. The molecule has 1 fully saturated rings. The van der Waals surface area contributed by atoms with Gasteiger partial charge in [-0.1, -0.05) is 42.1 Å². The fraction of sp³-hybridized carbons (Fsp3) is 0.409. The predicted octanol–water partition coefficient (Wildman–Crippen LogP) is 4.31. The van der Waals surface area contributed by atoms with Gasteiger partial charge >= 0.3 is 0 Å². The standard InChI is InChI=1S/C22H26N4OS2/c1-15-17(3)29-22-20(15)21(23-14-24-22)28-13-19(27)26-11-9-25(10-12-26)16(2)18-7-5-4-6-8-18/h4-8,14,16H,9-13H2,1-3H3. The molecule has 1 aliphatic heterocycles. The van der Waals surface area contributed by atoms with E-state index in [1.54, 1.807) is 17.7 Å². The molecule has 1 unspecified atom stereocenters. The minimum atomic E-state index is 0.193. The van der Waals surface area contributed by atoms with E-state index in [4.69, 9.17) is 0 Å². The lowest BCUT2D eigenvalue weighted by Crippen LogP contribution is -2.49. The first-order valence-electron chi connectivity index (χ1n) is 9.95. The lowest BCUT2D eigenvalue weighted by molar-refractivity contribution is -0.130. The van der Waals surface area contributed by atoms with Gasteiger partial charge in [0.05, 0.1) is 5.75 Å². The average Bonchev–Trinajstić information content (AvgIpc) is 3.06. The Bertz CT molecular complexity index is 997. The smallest absolute Gasteiger partial charge is 0.233 e. The Balaban J connectivity index is 1.34. The van der Waals surface area contributed by atoms with Crippen molar-refractivity contribution >= 4 is 39.2 Å². The Morgan fingerprint density at radius 3 is 2.59 bits per heavy atom. The van der Waals surface area contributed by atoms with Crippen LogP contribution in [-0.2, 0) is 4.79 Å². The van der Waals surface area contributed by atoms with E-state index in [0.29, 0.717) is 11.8 Å². The fourth-order valence-electron chi connectivity index (χ4n) is 3.78. The number of benzene rings is 1. The highest BCUT2D eigenvalue weighted by Crippen LogP contribution is 2.34. The summed E-state index contributed by atoms with van der Waals surface area (Å²) in [6.45, 7) is 9.85. The molecule has 5 nitrogen and oxygen atoms in total. The molecule has 1 aliphatic rings. The largest absolute Gasteiger partial charge is 0.339 e. The van der Waals surface area contributed by atoms with E-state index in [2.05, 4.69) is 66.0 Å². The molecule has 1 aromatic carbocycles. The molecule has 0 saturated carbocycles. The van der Waals surface area contributed by atoms with E-state index in [1.807, 2.05) is 4.90 Å². The molecule has 0 N–H and O–H groups in total. The van der Waals surface area contributed by atoms with Crippen LogP contribution in [0.1, 0.15) is 29.0 Å². The molecule has 0 radical (unpaired) electrons. The van der Waals surface area contributed by atoms with Gasteiger partial charge in [0.25, 0.3) is 0 Å². The zero-order valence-corrected chi connectivity index (χ0v) is 18.7. The van der Waals surface area contributed by atoms with Gasteiger partial charge in [0, 0.05) is 42.5 Å². The van der Waals surface area contributed by atoms with E-state index in [1.165, 1.54) is 27.8 Å². The van der Waals surface area contributed by atoms with Gasteiger partial charge < -0.3 is 4.90 Å². The van der Waals surface area contributed by atoms with Crippen molar-refractivity contribution in [1.82, 2.24) is 19.8 Å². The minimum absolute atomic E-state index is 0.193. The molecule has 1 amide bonds. The number of aryl methyl sites for hydroxylation is 2. The first-order chi connectivity index (χ1) is 14.0. The lowest BCUT2D eigenvalue weighted by atomic mass is 10.1. The van der Waals surface area contributed by atoms with Gasteiger partial charge in [0.2, 0.25) is 5.91 Å². The van der Waals surface area contributed by atoms with Gasteiger partial charge in [-0.05, 0) is 31.9 Å². The zero-order valence-electron chi connectivity index (χ0n) is 17.1. The van der Waals surface area contributed by atoms with Crippen molar-refractivity contribution in [1.29, 1.82) is 0 Å². The van der Waals surface area contributed by atoms with Crippen molar-refractivity contribution in [2.45, 2.75) is 31.8 Å². The monoisotopic (exact) mass is 426 g/mol. The number of rotatable bonds is 5. The average molecular weight is 427 g/mol. The number of aromatic nitrogens is 2. The SMILES string of the molecule is Cc1sc2ncnc(SCC(=O)N3CCN(C(C)c4ccccc4)CC3)c2c1C. The summed E-state index contributed by atoms with van der Waals surface area (Å²) < 4.78 is 0. The van der Waals surface area contributed by atoms with Crippen molar-refractivity contribution in [3.63, 3.8) is 0 Å². The van der Waals surface area contributed by atoms with Gasteiger partial charge in [-0.15, -0.1) is 11.3 Å². The Hall–Kier alpha value is -1.96. The van der Waals surface area contributed by atoms with E-state index in [0.717, 1.165) is 41.4 Å². The van der Waals surface area contributed by atoms with Crippen LogP contribution in [0.3, 0.4) is 0 Å². The van der Waals surface area contributed by atoms with E-state index in [-0.39, 0.29) is 5.91 Å². The predicted molar refractivity (Wildman–Crippen MR) is 121 cm³/mol. The van der Waals surface area contributed by atoms with Crippen LogP contribution in [0.2, 0.25) is 0 Å². The van der Waals surface area contributed by atoms with Crippen LogP contribution in [0.5, 0.6) is 0 Å². The van der Waals surface area contributed by atoms with Crippen molar-refractivity contribution < 1.29 is 4.79 Å². The van der Waals surface area contributed by atoms with Gasteiger partial charge in [-0.3, -0.25) is 9.69 Å². The number of carbonyl (C=O) groups is 1. The number of thiophene rings is 1. The minimum Gasteiger partial charge on any atom is -0.339 e. The molecule has 3 heterocycles. The van der Waals surface area contributed by atoms with Gasteiger partial charge in [-0.2, -0.15) is 0 Å². The van der Waals surface area contributed by atoms with Crippen LogP contribution in [0, 0.1) is 13.8 Å². The summed E-state index contributed by atoms with van der Waals surface area (Å²) in [6.07, 6.45) is 1.61. The quantitative estimate of drug-likeness (QED) is 0.450. The molecule has 2 aromatic heterocycles. The van der Waals surface area contributed by atoms with Crippen molar-refractivity contribution in [3.8, 4) is 0 Å². The van der Waals surface area contributed by atoms with Crippen LogP contribution in [0.25, 0.3) is 10.2 Å². The van der Waals surface area contributed by atoms with E-state index < -0.39 is 0 Å². The maximum absolute atomic E-state index is 12.8. The molecular formula is C22H26N4OS2. The summed E-state index contributed by atoms with van der Waals surface area (Å²) in [5, 5.41) is 2.02. The summed E-state index contributed by atoms with van der Waals surface area (Å²) in [7, 11) is 0. The van der Waals surface area contributed by atoms with Crippen LogP contribution in [0.4, 0.5) is 0 Å². The van der Waals surface area contributed by atoms with Crippen molar-refractivity contribution in [2.75, 3.05) is 31.9 Å². The molecule has 0 bridgehead atoms. The molecule has 0 spiro atoms. The number of hydrogen-bond acceptors (Lipinski definition) is 6. The number of nitrogens with zero attached hydrogens (tertiary/aromatic N) is 4. The Morgan fingerprint density at radius 2 is 1.86 bits per heavy atom. The number of thioether (sulfide) groups is 1. The van der Waals surface area contributed by atoms with Crippen molar-refractivity contribution in [2.24, 2.45) is 0 Å². The Labute approximate surface area is 180 Å². The van der Waals surface area contributed by atoms with E-state index >= 15 is 0 Å². The summed E-state index contributed by atoms with van der Waals surface area (Å²) in [6, 6.07) is 11.0. The van der Waals surface area contributed by atoms with Crippen molar-refractivity contribution in [3.05, 3.63) is 52.7 Å². The topological polar surface area (TPSA) is 49.3 Å². The molecule has 7 heteroatoms. The molecule has 4 rings (SSSR count). The number of amides is 1. The Morgan fingerprint density at radius 1 is 1.14 bits per heavy atom. The van der Waals surface area contributed by atoms with Crippen LogP contribution < -0.4 is 0 Å². The zero-order chi connectivity index (χ0) is 20.4. The second kappa shape index (κ2) is 8.81. The third kappa shape index (κ3) is 4.32. The van der Waals surface area contributed by atoms with Crippen LogP contribution >= 0.6 is 23.1 Å². The molecule has 0 aliphatic carbocycles. The van der Waals surface area contributed by atoms with Crippen LogP contribution in [-0.4, -0.2) is 57.6 Å². The molecule has 1 saturated heterocycles. The van der Waals surface area contributed by atoms with Gasteiger partial charge in [0.15, 0.2) is 0 Å². The third-order valence-electron chi connectivity index (χ3n) is 5.76. The number of carbonyl (C=O) groups excluding carboxylic acids is 1. The van der Waals surface area contributed by atoms with Gasteiger partial charge in [0.1, 0.15) is 16.2 Å². The molecule has 29 heavy (non-hydrogen) atoms. The third-order valence-corrected chi connectivity index (χ3v) is 7.85. The maximum Gasteiger partial charge on any atom is 0.233 e. The van der Waals surface area contributed by atoms with Gasteiger partial charge in [-0.25, -0.2) is 9.97 Å². The molecule has 152 valence electrons. The first-order valence-corrected chi connectivity index (χ1v) is 11.7. The highest BCUT2D eigenvalue weighted by Gasteiger charge is 2.25. The highest BCUT2D eigenvalue weighted by molar-refractivity contribution is 8.00.